The number of hydrogen-bond acceptors (Lipinski definition) is 5. The number of benzene rings is 2. The van der Waals surface area contributed by atoms with E-state index < -0.39 is 0 Å². The normalized spacial score (nSPS) is 13.8. The molecule has 172 valence electrons. The molecule has 2 N–H and O–H groups in total. The van der Waals surface area contributed by atoms with Crippen molar-refractivity contribution in [2.75, 3.05) is 50.1 Å². The Kier molecular flexibility index (Phi) is 9.37. The quantitative estimate of drug-likeness (QED) is 0.543. The van der Waals surface area contributed by atoms with Crippen LogP contribution in [-0.2, 0) is 9.53 Å². The minimum Gasteiger partial charge on any atom is -0.491 e. The van der Waals surface area contributed by atoms with E-state index in [1.807, 2.05) is 36.1 Å². The lowest BCUT2D eigenvalue weighted by molar-refractivity contribution is -0.114. The van der Waals surface area contributed by atoms with Crippen LogP contribution >= 0.6 is 0 Å². The van der Waals surface area contributed by atoms with Crippen molar-refractivity contribution in [2.24, 2.45) is 0 Å². The largest absolute Gasteiger partial charge is 0.491 e. The second-order valence-corrected chi connectivity index (χ2v) is 7.76. The Morgan fingerprint density at radius 1 is 0.938 bits per heavy atom. The monoisotopic (exact) mass is 439 g/mol. The zero-order valence-corrected chi connectivity index (χ0v) is 18.8. The Morgan fingerprint density at radius 3 is 2.41 bits per heavy atom. The van der Waals surface area contributed by atoms with Gasteiger partial charge in [0.25, 0.3) is 5.91 Å². The van der Waals surface area contributed by atoms with Crippen LogP contribution in [0.25, 0.3) is 0 Å². The molecule has 7 heteroatoms. The number of carbonyl (C=O) groups is 2. The molecule has 3 rings (SSSR count). The SMILES string of the molecule is CCOCCOc1cccc(NCC(=O)Nc2ccc(C(=O)N3CCCCCC3)cc2)c1. The van der Waals surface area contributed by atoms with Crippen LogP contribution in [0.1, 0.15) is 43.0 Å². The van der Waals surface area contributed by atoms with Gasteiger partial charge in [0, 0.05) is 42.7 Å². The molecule has 1 fully saturated rings. The summed E-state index contributed by atoms with van der Waals surface area (Å²) < 4.78 is 10.9. The van der Waals surface area contributed by atoms with Gasteiger partial charge < -0.3 is 25.0 Å². The first-order valence-corrected chi connectivity index (χ1v) is 11.4. The zero-order valence-electron chi connectivity index (χ0n) is 18.8. The van der Waals surface area contributed by atoms with Gasteiger partial charge in [0.15, 0.2) is 0 Å². The van der Waals surface area contributed by atoms with E-state index in [2.05, 4.69) is 10.6 Å². The smallest absolute Gasteiger partial charge is 0.253 e. The van der Waals surface area contributed by atoms with Crippen LogP contribution < -0.4 is 15.4 Å². The number of anilines is 2. The fourth-order valence-electron chi connectivity index (χ4n) is 3.60. The van der Waals surface area contributed by atoms with E-state index >= 15 is 0 Å². The molecule has 0 aromatic heterocycles. The molecule has 0 atom stereocenters. The minimum atomic E-state index is -0.167. The summed E-state index contributed by atoms with van der Waals surface area (Å²) in [4.78, 5) is 26.9. The third-order valence-electron chi connectivity index (χ3n) is 5.30. The van der Waals surface area contributed by atoms with Gasteiger partial charge in [-0.3, -0.25) is 9.59 Å². The fraction of sp³-hybridized carbons (Fsp3) is 0.440. The number of rotatable bonds is 10. The molecule has 2 aromatic carbocycles. The van der Waals surface area contributed by atoms with Crippen LogP contribution in [0.2, 0.25) is 0 Å². The molecule has 7 nitrogen and oxygen atoms in total. The number of ether oxygens (including phenoxy) is 2. The van der Waals surface area contributed by atoms with Crippen molar-refractivity contribution in [3.8, 4) is 5.75 Å². The Bertz CT molecular complexity index is 862. The number of likely N-dealkylation sites (tertiary alicyclic amines) is 1. The van der Waals surface area contributed by atoms with Crippen LogP contribution in [-0.4, -0.2) is 56.2 Å². The lowest BCUT2D eigenvalue weighted by Crippen LogP contribution is -2.31. The summed E-state index contributed by atoms with van der Waals surface area (Å²) >= 11 is 0. The lowest BCUT2D eigenvalue weighted by Gasteiger charge is -2.20. The average Bonchev–Trinajstić information content (AvgIpc) is 3.11. The summed E-state index contributed by atoms with van der Waals surface area (Å²) in [6.07, 6.45) is 4.51. The van der Waals surface area contributed by atoms with Crippen LogP contribution in [0.3, 0.4) is 0 Å². The van der Waals surface area contributed by atoms with Crippen molar-refractivity contribution in [1.29, 1.82) is 0 Å². The molecular weight excluding hydrogens is 406 g/mol. The van der Waals surface area contributed by atoms with Gasteiger partial charge in [0.2, 0.25) is 5.91 Å². The first-order chi connectivity index (χ1) is 15.7. The summed E-state index contributed by atoms with van der Waals surface area (Å²) in [6, 6.07) is 14.6. The van der Waals surface area contributed by atoms with Gasteiger partial charge in [-0.2, -0.15) is 0 Å². The summed E-state index contributed by atoms with van der Waals surface area (Å²) in [7, 11) is 0. The number of amides is 2. The van der Waals surface area contributed by atoms with Crippen LogP contribution in [0.5, 0.6) is 5.75 Å². The predicted octanol–water partition coefficient (Wildman–Crippen LogP) is 4.17. The molecule has 1 saturated heterocycles. The predicted molar refractivity (Wildman–Crippen MR) is 126 cm³/mol. The van der Waals surface area contributed by atoms with Gasteiger partial charge in [-0.1, -0.05) is 18.9 Å². The van der Waals surface area contributed by atoms with Crippen molar-refractivity contribution in [2.45, 2.75) is 32.6 Å². The number of carbonyl (C=O) groups excluding carboxylic acids is 2. The highest BCUT2D eigenvalue weighted by Crippen LogP contribution is 2.18. The molecule has 1 aliphatic rings. The second kappa shape index (κ2) is 12.7. The lowest BCUT2D eigenvalue weighted by atomic mass is 10.1. The summed E-state index contributed by atoms with van der Waals surface area (Å²) in [5, 5.41) is 5.96. The summed E-state index contributed by atoms with van der Waals surface area (Å²) in [5.74, 6) is 0.619. The average molecular weight is 440 g/mol. The molecule has 0 unspecified atom stereocenters. The van der Waals surface area contributed by atoms with Gasteiger partial charge >= 0.3 is 0 Å². The molecule has 1 heterocycles. The van der Waals surface area contributed by atoms with Gasteiger partial charge in [0.05, 0.1) is 13.2 Å². The molecule has 0 aliphatic carbocycles. The molecule has 2 aromatic rings. The van der Waals surface area contributed by atoms with Crippen LogP contribution in [0, 0.1) is 0 Å². The van der Waals surface area contributed by atoms with E-state index in [-0.39, 0.29) is 18.4 Å². The zero-order chi connectivity index (χ0) is 22.6. The topological polar surface area (TPSA) is 79.9 Å². The molecular formula is C25H33N3O4. The third kappa shape index (κ3) is 7.57. The third-order valence-corrected chi connectivity index (χ3v) is 5.30. The molecule has 0 radical (unpaired) electrons. The van der Waals surface area contributed by atoms with Gasteiger partial charge in [-0.15, -0.1) is 0 Å². The van der Waals surface area contributed by atoms with Gasteiger partial charge in [-0.25, -0.2) is 0 Å². The maximum atomic E-state index is 12.7. The fourth-order valence-corrected chi connectivity index (χ4v) is 3.60. The molecule has 0 bridgehead atoms. The number of nitrogens with zero attached hydrogens (tertiary/aromatic N) is 1. The Hall–Kier alpha value is -3.06. The van der Waals surface area contributed by atoms with Crippen molar-refractivity contribution in [1.82, 2.24) is 4.90 Å². The first kappa shape index (κ1) is 23.6. The molecule has 0 spiro atoms. The molecule has 1 aliphatic heterocycles. The maximum Gasteiger partial charge on any atom is 0.253 e. The van der Waals surface area contributed by atoms with Crippen molar-refractivity contribution >= 4 is 23.2 Å². The molecule has 32 heavy (non-hydrogen) atoms. The van der Waals surface area contributed by atoms with Gasteiger partial charge in [0.1, 0.15) is 12.4 Å². The van der Waals surface area contributed by atoms with E-state index in [0.717, 1.165) is 37.4 Å². The van der Waals surface area contributed by atoms with Crippen LogP contribution in [0.15, 0.2) is 48.5 Å². The van der Waals surface area contributed by atoms with Gasteiger partial charge in [-0.05, 0) is 56.2 Å². The minimum absolute atomic E-state index is 0.0646. The van der Waals surface area contributed by atoms with Crippen molar-refractivity contribution < 1.29 is 19.1 Å². The second-order valence-electron chi connectivity index (χ2n) is 7.76. The summed E-state index contributed by atoms with van der Waals surface area (Å²) in [5.41, 5.74) is 2.12. The number of nitrogens with one attached hydrogen (secondary N) is 2. The van der Waals surface area contributed by atoms with E-state index in [9.17, 15) is 9.59 Å². The first-order valence-electron chi connectivity index (χ1n) is 11.4. The highest BCUT2D eigenvalue weighted by Gasteiger charge is 2.17. The maximum absolute atomic E-state index is 12.7. The Balaban J connectivity index is 1.45. The molecule has 0 saturated carbocycles. The van der Waals surface area contributed by atoms with E-state index in [1.165, 1.54) is 12.8 Å². The van der Waals surface area contributed by atoms with Crippen molar-refractivity contribution in [3.63, 3.8) is 0 Å². The van der Waals surface area contributed by atoms with E-state index in [1.54, 1.807) is 24.3 Å². The van der Waals surface area contributed by atoms with Crippen molar-refractivity contribution in [3.05, 3.63) is 54.1 Å². The number of hydrogen-bond donors (Lipinski definition) is 2. The molecule has 2 amide bonds. The Labute approximate surface area is 190 Å². The van der Waals surface area contributed by atoms with E-state index in [0.29, 0.717) is 31.1 Å². The van der Waals surface area contributed by atoms with Crippen LogP contribution in [0.4, 0.5) is 11.4 Å². The Morgan fingerprint density at radius 2 is 1.69 bits per heavy atom. The highest BCUT2D eigenvalue weighted by atomic mass is 16.5. The summed E-state index contributed by atoms with van der Waals surface area (Å²) in [6.45, 7) is 5.39. The standard InChI is InChI=1S/C25H33N3O4/c1-2-31-16-17-32-23-9-7-8-22(18-23)26-19-24(29)27-21-12-10-20(11-13-21)25(30)28-14-5-3-4-6-15-28/h7-13,18,26H,2-6,14-17,19H2,1H3,(H,27,29). The van der Waals surface area contributed by atoms with E-state index in [4.69, 9.17) is 9.47 Å². The highest BCUT2D eigenvalue weighted by molar-refractivity contribution is 5.96.